The van der Waals surface area contributed by atoms with Gasteiger partial charge in [0.05, 0.1) is 24.6 Å². The molecule has 0 amide bonds. The lowest BCUT2D eigenvalue weighted by Gasteiger charge is -2.44. The van der Waals surface area contributed by atoms with E-state index in [2.05, 4.69) is 63.4 Å². The second-order valence-electron chi connectivity index (χ2n) is 8.88. The summed E-state index contributed by atoms with van der Waals surface area (Å²) in [5.74, 6) is 1.34. The number of hydrogen-bond donors (Lipinski definition) is 1. The zero-order valence-electron chi connectivity index (χ0n) is 19.0. The summed E-state index contributed by atoms with van der Waals surface area (Å²) in [7, 11) is 5.47. The first-order valence-corrected chi connectivity index (χ1v) is 10.5. The number of hydrogen-bond acceptors (Lipinski definition) is 8. The highest BCUT2D eigenvalue weighted by Gasteiger charge is 2.33. The third-order valence-electron chi connectivity index (χ3n) is 5.76. The summed E-state index contributed by atoms with van der Waals surface area (Å²) in [5, 5.41) is 21.0. The minimum absolute atomic E-state index is 0.106. The Morgan fingerprint density at radius 3 is 2.52 bits per heavy atom. The second-order valence-corrected chi connectivity index (χ2v) is 8.88. The zero-order chi connectivity index (χ0) is 22.2. The Hall–Kier alpha value is -3.07. The lowest BCUT2D eigenvalue weighted by atomic mass is 9.85. The number of methoxy groups -OCH3 is 1. The van der Waals surface area contributed by atoms with Crippen molar-refractivity contribution >= 4 is 5.82 Å². The van der Waals surface area contributed by atoms with Crippen molar-refractivity contribution in [1.29, 1.82) is 0 Å². The molecule has 0 aromatic carbocycles. The number of pyridine rings is 1. The molecular formula is C22H30N8O. The van der Waals surface area contributed by atoms with Gasteiger partial charge < -0.3 is 15.0 Å². The van der Waals surface area contributed by atoms with Gasteiger partial charge in [0.25, 0.3) is 0 Å². The van der Waals surface area contributed by atoms with Gasteiger partial charge in [-0.25, -0.2) is 4.98 Å². The average Bonchev–Trinajstić information content (AvgIpc) is 3.17. The van der Waals surface area contributed by atoms with E-state index < -0.39 is 0 Å². The number of anilines is 1. The highest BCUT2D eigenvalue weighted by atomic mass is 16.5. The topological polar surface area (TPSA) is 93.9 Å². The molecule has 0 bridgehead atoms. The molecule has 2 unspecified atom stereocenters. The van der Waals surface area contributed by atoms with Crippen molar-refractivity contribution in [2.75, 3.05) is 19.1 Å². The normalized spacial score (nSPS) is 20.5. The Bertz CT molecular complexity index is 1050. The smallest absolute Gasteiger partial charge is 0.223 e. The second kappa shape index (κ2) is 8.22. The predicted octanol–water partition coefficient (Wildman–Crippen LogP) is 2.70. The van der Waals surface area contributed by atoms with Gasteiger partial charge in [-0.1, -0.05) is 0 Å². The van der Waals surface area contributed by atoms with Crippen LogP contribution >= 0.6 is 0 Å². The maximum atomic E-state index is 5.49. The van der Waals surface area contributed by atoms with Crippen molar-refractivity contribution < 1.29 is 4.74 Å². The fourth-order valence-corrected chi connectivity index (χ4v) is 4.40. The monoisotopic (exact) mass is 422 g/mol. The third kappa shape index (κ3) is 4.51. The van der Waals surface area contributed by atoms with Crippen LogP contribution in [0.15, 0.2) is 30.5 Å². The molecule has 4 heterocycles. The summed E-state index contributed by atoms with van der Waals surface area (Å²) in [4.78, 5) is 8.36. The van der Waals surface area contributed by atoms with Gasteiger partial charge in [-0.2, -0.15) is 15.0 Å². The number of nitrogens with zero attached hydrogens (tertiary/aromatic N) is 7. The molecule has 9 heteroatoms. The van der Waals surface area contributed by atoms with Crippen LogP contribution in [0.2, 0.25) is 0 Å². The largest absolute Gasteiger partial charge is 0.480 e. The van der Waals surface area contributed by atoms with E-state index in [9.17, 15) is 0 Å². The van der Waals surface area contributed by atoms with E-state index >= 15 is 0 Å². The van der Waals surface area contributed by atoms with Crippen LogP contribution in [0.1, 0.15) is 33.6 Å². The molecule has 4 rings (SSSR count). The number of ether oxygens (including phenoxy) is 1. The molecule has 1 saturated heterocycles. The van der Waals surface area contributed by atoms with Crippen LogP contribution in [0.4, 0.5) is 5.82 Å². The van der Waals surface area contributed by atoms with E-state index in [1.165, 1.54) is 4.80 Å². The van der Waals surface area contributed by atoms with Gasteiger partial charge in [0.1, 0.15) is 11.4 Å². The van der Waals surface area contributed by atoms with Crippen molar-refractivity contribution in [3.8, 4) is 28.5 Å². The van der Waals surface area contributed by atoms with E-state index in [1.54, 1.807) is 20.4 Å². The van der Waals surface area contributed by atoms with Crippen molar-refractivity contribution in [3.05, 3.63) is 30.5 Å². The third-order valence-corrected chi connectivity index (χ3v) is 5.76. The molecular weight excluding hydrogens is 392 g/mol. The summed E-state index contributed by atoms with van der Waals surface area (Å²) in [6.07, 6.45) is 3.82. The van der Waals surface area contributed by atoms with Gasteiger partial charge >= 0.3 is 0 Å². The molecule has 1 aliphatic rings. The maximum Gasteiger partial charge on any atom is 0.223 e. The molecule has 0 radical (unpaired) electrons. The maximum absolute atomic E-state index is 5.49. The molecule has 1 N–H and O–H groups in total. The fraction of sp³-hybridized carbons (Fsp3) is 0.500. The summed E-state index contributed by atoms with van der Waals surface area (Å²) in [5.41, 5.74) is 2.99. The first-order valence-electron chi connectivity index (χ1n) is 10.5. The minimum atomic E-state index is 0.106. The molecule has 3 aromatic rings. The lowest BCUT2D eigenvalue weighted by Crippen LogP contribution is -2.56. The Kier molecular flexibility index (Phi) is 5.62. The fourth-order valence-electron chi connectivity index (χ4n) is 4.40. The minimum Gasteiger partial charge on any atom is -0.480 e. The Balaban J connectivity index is 1.55. The van der Waals surface area contributed by atoms with Gasteiger partial charge in [0, 0.05) is 31.7 Å². The summed E-state index contributed by atoms with van der Waals surface area (Å²) in [6.45, 7) is 6.74. The summed E-state index contributed by atoms with van der Waals surface area (Å²) >= 11 is 0. The molecule has 0 spiro atoms. The first-order chi connectivity index (χ1) is 14.8. The van der Waals surface area contributed by atoms with Crippen LogP contribution in [-0.2, 0) is 7.05 Å². The number of rotatable bonds is 5. The van der Waals surface area contributed by atoms with Crippen LogP contribution < -0.4 is 15.0 Å². The number of aromatic nitrogens is 6. The molecule has 9 nitrogen and oxygen atoms in total. The van der Waals surface area contributed by atoms with Gasteiger partial charge in [-0.15, -0.1) is 10.2 Å². The Morgan fingerprint density at radius 1 is 1.13 bits per heavy atom. The Labute approximate surface area is 182 Å². The highest BCUT2D eigenvalue weighted by Crippen LogP contribution is 2.30. The van der Waals surface area contributed by atoms with E-state index in [0.717, 1.165) is 24.2 Å². The Morgan fingerprint density at radius 2 is 1.90 bits per heavy atom. The molecule has 164 valence electrons. The van der Waals surface area contributed by atoms with Gasteiger partial charge in [0.15, 0.2) is 5.82 Å². The van der Waals surface area contributed by atoms with Crippen molar-refractivity contribution in [2.45, 2.75) is 51.2 Å². The summed E-state index contributed by atoms with van der Waals surface area (Å²) < 4.78 is 5.49. The number of nitrogens with one attached hydrogen (secondary N) is 1. The molecule has 31 heavy (non-hydrogen) atoms. The highest BCUT2D eigenvalue weighted by molar-refractivity contribution is 5.68. The van der Waals surface area contributed by atoms with Crippen LogP contribution in [0.5, 0.6) is 5.88 Å². The average molecular weight is 423 g/mol. The molecule has 0 saturated carbocycles. The van der Waals surface area contributed by atoms with Gasteiger partial charge in [-0.3, -0.25) is 0 Å². The quantitative estimate of drug-likeness (QED) is 0.671. The summed E-state index contributed by atoms with van der Waals surface area (Å²) in [6, 6.07) is 8.66. The van der Waals surface area contributed by atoms with Gasteiger partial charge in [0.2, 0.25) is 5.88 Å². The number of piperidine rings is 1. The molecule has 1 aliphatic heterocycles. The molecule has 0 aliphatic carbocycles. The van der Waals surface area contributed by atoms with Crippen LogP contribution in [-0.4, -0.2) is 62.0 Å². The SMILES string of the molecule is COc1nc(-c2ccc(N(C)C3CC(C)NC(C)(C)C3)nn2)ccc1-c1cnn(C)n1. The zero-order valence-corrected chi connectivity index (χ0v) is 19.0. The predicted molar refractivity (Wildman–Crippen MR) is 120 cm³/mol. The standard InChI is InChI=1S/C22H30N8O/c1-14-11-15(12-22(2,3)25-14)29(4)20-10-9-18(26-27-20)17-8-7-16(21(24-17)31-6)19-13-23-30(5)28-19/h7-10,13-15,25H,11-12H2,1-6H3. The van der Waals surface area contributed by atoms with E-state index in [-0.39, 0.29) is 5.54 Å². The number of aryl methyl sites for hydroxylation is 1. The van der Waals surface area contributed by atoms with E-state index in [1.807, 2.05) is 24.3 Å². The van der Waals surface area contributed by atoms with E-state index in [4.69, 9.17) is 4.74 Å². The first kappa shape index (κ1) is 21.2. The van der Waals surface area contributed by atoms with Crippen LogP contribution in [0.3, 0.4) is 0 Å². The van der Waals surface area contributed by atoms with Gasteiger partial charge in [-0.05, 0) is 57.9 Å². The van der Waals surface area contributed by atoms with Crippen LogP contribution in [0.25, 0.3) is 22.6 Å². The molecule has 3 aromatic heterocycles. The molecule has 2 atom stereocenters. The van der Waals surface area contributed by atoms with Crippen molar-refractivity contribution in [2.24, 2.45) is 7.05 Å². The van der Waals surface area contributed by atoms with Crippen molar-refractivity contribution in [3.63, 3.8) is 0 Å². The lowest BCUT2D eigenvalue weighted by molar-refractivity contribution is 0.225. The van der Waals surface area contributed by atoms with E-state index in [0.29, 0.717) is 35.0 Å². The molecule has 1 fully saturated rings. The van der Waals surface area contributed by atoms with Crippen LogP contribution in [0, 0.1) is 0 Å². The van der Waals surface area contributed by atoms with Crippen molar-refractivity contribution in [1.82, 2.24) is 35.5 Å².